The van der Waals surface area contributed by atoms with Crippen LogP contribution in [0.25, 0.3) is 44.9 Å². The maximum absolute atomic E-state index is 13.5. The Kier molecular flexibility index (Phi) is 4.70. The molecule has 0 fully saturated rings. The van der Waals surface area contributed by atoms with Crippen molar-refractivity contribution in [3.8, 4) is 33.9 Å². The number of fused-ring (bicyclic) bond motifs is 1. The third kappa shape index (κ3) is 3.20. The summed E-state index contributed by atoms with van der Waals surface area (Å²) in [5, 5.41) is 0. The van der Waals surface area contributed by atoms with Gasteiger partial charge in [-0.05, 0) is 50.2 Å². The van der Waals surface area contributed by atoms with Gasteiger partial charge in [-0.2, -0.15) is 0 Å². The first-order valence-corrected chi connectivity index (χ1v) is 10.3. The lowest BCUT2D eigenvalue weighted by Crippen LogP contribution is -2.23. The van der Waals surface area contributed by atoms with Gasteiger partial charge in [-0.1, -0.05) is 6.07 Å². The van der Waals surface area contributed by atoms with Gasteiger partial charge in [-0.15, -0.1) is 0 Å². The highest BCUT2D eigenvalue weighted by atomic mass is 19.1. The Morgan fingerprint density at radius 2 is 1.62 bits per heavy atom. The standard InChI is InChI=1S/C24H21FN6O/c1-14(2)31-19-9-6-16(10-20(19)30(3)24(31)32)22-21(15-4-7-18(25)8-5-15)28-23(29-22)17-11-26-13-27-12-17/h4-14H,1-3H3,(H,28,29). The van der Waals surface area contributed by atoms with E-state index in [2.05, 4.69) is 15.0 Å². The van der Waals surface area contributed by atoms with Gasteiger partial charge in [0.25, 0.3) is 0 Å². The molecule has 0 radical (unpaired) electrons. The summed E-state index contributed by atoms with van der Waals surface area (Å²) in [7, 11) is 1.77. The molecule has 8 heteroatoms. The van der Waals surface area contributed by atoms with Crippen molar-refractivity contribution < 1.29 is 4.39 Å². The smallest absolute Gasteiger partial charge is 0.329 e. The Morgan fingerprint density at radius 1 is 0.938 bits per heavy atom. The van der Waals surface area contributed by atoms with E-state index in [0.717, 1.165) is 33.4 Å². The van der Waals surface area contributed by atoms with Crippen LogP contribution in [0.4, 0.5) is 4.39 Å². The molecule has 7 nitrogen and oxygen atoms in total. The molecule has 0 bridgehead atoms. The van der Waals surface area contributed by atoms with Crippen LogP contribution in [0.1, 0.15) is 19.9 Å². The Hall–Kier alpha value is -4.07. The molecule has 0 atom stereocenters. The van der Waals surface area contributed by atoms with Crippen molar-refractivity contribution in [2.75, 3.05) is 0 Å². The molecule has 2 aromatic carbocycles. The zero-order chi connectivity index (χ0) is 22.4. The number of aromatic nitrogens is 6. The summed E-state index contributed by atoms with van der Waals surface area (Å²) in [6, 6.07) is 12.2. The molecule has 1 N–H and O–H groups in total. The third-order valence-electron chi connectivity index (χ3n) is 5.55. The fourth-order valence-electron chi connectivity index (χ4n) is 3.98. The fourth-order valence-corrected chi connectivity index (χ4v) is 3.98. The van der Waals surface area contributed by atoms with Gasteiger partial charge in [-0.25, -0.2) is 24.1 Å². The molecular formula is C24H21FN6O. The summed E-state index contributed by atoms with van der Waals surface area (Å²) in [6.45, 7) is 3.98. The zero-order valence-electron chi connectivity index (χ0n) is 17.9. The highest BCUT2D eigenvalue weighted by Gasteiger charge is 2.19. The lowest BCUT2D eigenvalue weighted by Gasteiger charge is -2.07. The van der Waals surface area contributed by atoms with Crippen LogP contribution in [0.15, 0.2) is 66.0 Å². The van der Waals surface area contributed by atoms with Crippen molar-refractivity contribution in [2.45, 2.75) is 19.9 Å². The lowest BCUT2D eigenvalue weighted by atomic mass is 10.0. The number of hydrogen-bond donors (Lipinski definition) is 1. The first-order chi connectivity index (χ1) is 15.4. The van der Waals surface area contributed by atoms with E-state index in [1.54, 1.807) is 40.7 Å². The normalized spacial score (nSPS) is 11.5. The zero-order valence-corrected chi connectivity index (χ0v) is 17.9. The molecule has 0 saturated heterocycles. The maximum Gasteiger partial charge on any atom is 0.329 e. The fraction of sp³-hybridized carbons (Fsp3) is 0.167. The van der Waals surface area contributed by atoms with Crippen molar-refractivity contribution in [1.82, 2.24) is 29.1 Å². The molecule has 0 amide bonds. The summed E-state index contributed by atoms with van der Waals surface area (Å²) in [6.07, 6.45) is 4.82. The van der Waals surface area contributed by atoms with Crippen LogP contribution in [0.5, 0.6) is 0 Å². The minimum atomic E-state index is -0.307. The van der Waals surface area contributed by atoms with Crippen molar-refractivity contribution in [1.29, 1.82) is 0 Å². The van der Waals surface area contributed by atoms with Crippen molar-refractivity contribution in [3.63, 3.8) is 0 Å². The molecule has 5 rings (SSSR count). The van der Waals surface area contributed by atoms with E-state index in [0.29, 0.717) is 11.5 Å². The number of halogens is 1. The van der Waals surface area contributed by atoms with Crippen LogP contribution in [0, 0.1) is 5.82 Å². The van der Waals surface area contributed by atoms with Crippen molar-refractivity contribution >= 4 is 11.0 Å². The van der Waals surface area contributed by atoms with Gasteiger partial charge in [0.05, 0.1) is 28.0 Å². The summed E-state index contributed by atoms with van der Waals surface area (Å²) in [4.78, 5) is 29.1. The topological polar surface area (TPSA) is 81.4 Å². The number of benzene rings is 2. The predicted octanol–water partition coefficient (Wildman–Crippen LogP) is 4.57. The van der Waals surface area contributed by atoms with Gasteiger partial charge in [0.2, 0.25) is 0 Å². The van der Waals surface area contributed by atoms with Crippen LogP contribution >= 0.6 is 0 Å². The molecule has 5 aromatic rings. The second-order valence-electron chi connectivity index (χ2n) is 7.95. The number of aryl methyl sites for hydroxylation is 1. The average Bonchev–Trinajstić information content (AvgIpc) is 3.35. The maximum atomic E-state index is 13.5. The number of nitrogens with one attached hydrogen (secondary N) is 1. The minimum Gasteiger partial charge on any atom is -0.337 e. The van der Waals surface area contributed by atoms with E-state index in [4.69, 9.17) is 4.98 Å². The van der Waals surface area contributed by atoms with Gasteiger partial charge in [0, 0.05) is 36.6 Å². The number of aromatic amines is 1. The first kappa shape index (κ1) is 19.9. The summed E-state index contributed by atoms with van der Waals surface area (Å²) in [5.74, 6) is 0.298. The van der Waals surface area contributed by atoms with Gasteiger partial charge in [-0.3, -0.25) is 9.13 Å². The molecule has 0 unspecified atom stereocenters. The summed E-state index contributed by atoms with van der Waals surface area (Å²) < 4.78 is 17.0. The van der Waals surface area contributed by atoms with E-state index < -0.39 is 0 Å². The van der Waals surface area contributed by atoms with E-state index >= 15 is 0 Å². The Labute approximate surface area is 183 Å². The van der Waals surface area contributed by atoms with Crippen molar-refractivity contribution in [2.24, 2.45) is 7.05 Å². The average molecular weight is 428 g/mol. The number of rotatable bonds is 4. The monoisotopic (exact) mass is 428 g/mol. The molecule has 0 aliphatic rings. The highest BCUT2D eigenvalue weighted by molar-refractivity contribution is 5.87. The molecule has 3 heterocycles. The van der Waals surface area contributed by atoms with Crippen LogP contribution in [-0.2, 0) is 7.05 Å². The van der Waals surface area contributed by atoms with E-state index in [-0.39, 0.29) is 17.5 Å². The number of hydrogen-bond acceptors (Lipinski definition) is 4. The van der Waals surface area contributed by atoms with E-state index in [1.165, 1.54) is 18.5 Å². The molecule has 3 aromatic heterocycles. The lowest BCUT2D eigenvalue weighted by molar-refractivity contribution is 0.583. The second-order valence-corrected chi connectivity index (χ2v) is 7.95. The van der Waals surface area contributed by atoms with Gasteiger partial charge < -0.3 is 4.98 Å². The Bertz CT molecular complexity index is 1480. The van der Waals surface area contributed by atoms with E-state index in [9.17, 15) is 9.18 Å². The number of H-pyrrole nitrogens is 1. The van der Waals surface area contributed by atoms with Crippen LogP contribution in [0.3, 0.4) is 0 Å². The summed E-state index contributed by atoms with van der Waals surface area (Å²) in [5.41, 5.74) is 5.44. The van der Waals surface area contributed by atoms with Crippen LogP contribution < -0.4 is 5.69 Å². The quantitative estimate of drug-likeness (QED) is 0.455. The molecule has 0 saturated carbocycles. The van der Waals surface area contributed by atoms with Gasteiger partial charge >= 0.3 is 5.69 Å². The Morgan fingerprint density at radius 3 is 2.31 bits per heavy atom. The van der Waals surface area contributed by atoms with Crippen molar-refractivity contribution in [3.05, 3.63) is 77.5 Å². The highest BCUT2D eigenvalue weighted by Crippen LogP contribution is 2.34. The van der Waals surface area contributed by atoms with Crippen LogP contribution in [-0.4, -0.2) is 29.1 Å². The predicted molar refractivity (Wildman–Crippen MR) is 122 cm³/mol. The molecule has 32 heavy (non-hydrogen) atoms. The van der Waals surface area contributed by atoms with Crippen LogP contribution in [0.2, 0.25) is 0 Å². The van der Waals surface area contributed by atoms with E-state index in [1.807, 2.05) is 32.0 Å². The number of nitrogens with zero attached hydrogens (tertiary/aromatic N) is 5. The summed E-state index contributed by atoms with van der Waals surface area (Å²) >= 11 is 0. The SMILES string of the molecule is CC(C)n1c(=O)n(C)c2cc(-c3nc(-c4cncnc4)[nH]c3-c3ccc(F)cc3)ccc21. The van der Waals surface area contributed by atoms with Gasteiger partial charge in [0.15, 0.2) is 0 Å². The first-order valence-electron chi connectivity index (χ1n) is 10.3. The molecule has 0 spiro atoms. The number of imidazole rings is 2. The Balaban J connectivity index is 1.74. The van der Waals surface area contributed by atoms with Gasteiger partial charge in [0.1, 0.15) is 18.0 Å². The minimum absolute atomic E-state index is 0.0434. The molecule has 160 valence electrons. The molecular weight excluding hydrogens is 407 g/mol. The largest absolute Gasteiger partial charge is 0.337 e. The molecule has 0 aliphatic carbocycles. The third-order valence-corrected chi connectivity index (χ3v) is 5.55. The second kappa shape index (κ2) is 7.56. The molecule has 0 aliphatic heterocycles.